The van der Waals surface area contributed by atoms with Crippen LogP contribution in [0, 0.1) is 0 Å². The quantitative estimate of drug-likeness (QED) is 0.829. The van der Waals surface area contributed by atoms with Gasteiger partial charge in [-0.05, 0) is 43.9 Å². The molecule has 1 aliphatic rings. The normalized spacial score (nSPS) is 17.4. The van der Waals surface area contributed by atoms with Crippen LogP contribution in [0.15, 0.2) is 30.5 Å². The van der Waals surface area contributed by atoms with E-state index in [0.717, 1.165) is 25.8 Å². The summed E-state index contributed by atoms with van der Waals surface area (Å²) in [6, 6.07) is 7.13. The molecule has 1 fully saturated rings. The van der Waals surface area contributed by atoms with Gasteiger partial charge in [0.25, 0.3) is 5.91 Å². The predicted octanol–water partition coefficient (Wildman–Crippen LogP) is 4.80. The molecule has 3 rings (SSSR count). The molecule has 25 heavy (non-hydrogen) atoms. The summed E-state index contributed by atoms with van der Waals surface area (Å²) in [4.78, 5) is 23.6. The maximum Gasteiger partial charge on any atom is 0.274 e. The zero-order valence-electron chi connectivity index (χ0n) is 14.0. The largest absolute Gasteiger partial charge is 0.338 e. The van der Waals surface area contributed by atoms with Crippen LogP contribution in [-0.2, 0) is 0 Å². The van der Waals surface area contributed by atoms with Gasteiger partial charge in [-0.15, -0.1) is 0 Å². The molecule has 132 valence electrons. The lowest BCUT2D eigenvalue weighted by Gasteiger charge is -2.35. The highest BCUT2D eigenvalue weighted by Crippen LogP contribution is 2.30. The fraction of sp³-hybridized carbons (Fsp3) is 0.389. The highest BCUT2D eigenvalue weighted by molar-refractivity contribution is 6.44. The summed E-state index contributed by atoms with van der Waals surface area (Å²) in [5, 5.41) is 3.46. The summed E-state index contributed by atoms with van der Waals surface area (Å²) in [6.07, 6.45) is 6.14. The van der Waals surface area contributed by atoms with Crippen LogP contribution in [0.2, 0.25) is 10.0 Å². The summed E-state index contributed by atoms with van der Waals surface area (Å²) < 4.78 is 0. The first kappa shape index (κ1) is 18.0. The van der Waals surface area contributed by atoms with Gasteiger partial charge in [0.1, 0.15) is 5.69 Å². The van der Waals surface area contributed by atoms with Gasteiger partial charge in [0.15, 0.2) is 0 Å². The molecule has 2 heterocycles. The number of benzene rings is 1. The second kappa shape index (κ2) is 8.02. The number of nitrogens with zero attached hydrogens (tertiary/aromatic N) is 3. The number of hydrogen-bond acceptors (Lipinski definition) is 4. The van der Waals surface area contributed by atoms with Gasteiger partial charge in [0.05, 0.1) is 15.7 Å². The predicted molar refractivity (Wildman–Crippen MR) is 102 cm³/mol. The molecule has 0 aliphatic carbocycles. The van der Waals surface area contributed by atoms with Crippen LogP contribution in [0.25, 0.3) is 0 Å². The van der Waals surface area contributed by atoms with E-state index in [1.807, 2.05) is 0 Å². The molecular weight excluding hydrogens is 359 g/mol. The van der Waals surface area contributed by atoms with Crippen LogP contribution < -0.4 is 10.2 Å². The highest BCUT2D eigenvalue weighted by atomic mass is 35.5. The fourth-order valence-corrected chi connectivity index (χ4v) is 3.44. The molecule has 1 aromatic heterocycles. The minimum Gasteiger partial charge on any atom is -0.338 e. The molecule has 0 bridgehead atoms. The molecule has 1 atom stereocenters. The summed E-state index contributed by atoms with van der Waals surface area (Å²) in [5.74, 6) is 0.272. The summed E-state index contributed by atoms with van der Waals surface area (Å²) in [6.45, 7) is 3.09. The Hall–Kier alpha value is -1.85. The average molecular weight is 379 g/mol. The molecule has 0 saturated carbocycles. The van der Waals surface area contributed by atoms with Gasteiger partial charge >= 0.3 is 0 Å². The Morgan fingerprint density at radius 1 is 1.32 bits per heavy atom. The second-order valence-corrected chi connectivity index (χ2v) is 6.83. The van der Waals surface area contributed by atoms with Gasteiger partial charge in [-0.3, -0.25) is 4.79 Å². The monoisotopic (exact) mass is 378 g/mol. The smallest absolute Gasteiger partial charge is 0.274 e. The molecule has 0 spiro atoms. The molecule has 1 unspecified atom stereocenters. The SMILES string of the molecule is CCC1CCCCN1c1nccc(C(=O)Nc2cccc(Cl)c2Cl)n1. The number of aromatic nitrogens is 2. The topological polar surface area (TPSA) is 58.1 Å². The van der Waals surface area contributed by atoms with Crippen molar-refractivity contribution >= 4 is 40.7 Å². The fourth-order valence-electron chi connectivity index (χ4n) is 3.09. The van der Waals surface area contributed by atoms with E-state index in [1.54, 1.807) is 30.5 Å². The Labute approximate surface area is 157 Å². The van der Waals surface area contributed by atoms with E-state index in [9.17, 15) is 4.79 Å². The van der Waals surface area contributed by atoms with E-state index in [4.69, 9.17) is 23.2 Å². The Kier molecular flexibility index (Phi) is 5.76. The lowest BCUT2D eigenvalue weighted by molar-refractivity contribution is 0.102. The van der Waals surface area contributed by atoms with Crippen molar-refractivity contribution in [2.45, 2.75) is 38.6 Å². The Morgan fingerprint density at radius 2 is 2.16 bits per heavy atom. The molecule has 2 aromatic rings. The van der Waals surface area contributed by atoms with E-state index in [1.165, 1.54) is 6.42 Å². The van der Waals surface area contributed by atoms with Crippen LogP contribution >= 0.6 is 23.2 Å². The Balaban J connectivity index is 1.81. The molecule has 1 saturated heterocycles. The maximum absolute atomic E-state index is 12.5. The van der Waals surface area contributed by atoms with Crippen LogP contribution in [0.5, 0.6) is 0 Å². The first-order chi connectivity index (χ1) is 12.1. The van der Waals surface area contributed by atoms with Crippen molar-refractivity contribution < 1.29 is 4.79 Å². The molecule has 5 nitrogen and oxygen atoms in total. The molecule has 1 aromatic carbocycles. The van der Waals surface area contributed by atoms with E-state index in [2.05, 4.69) is 27.1 Å². The third-order valence-electron chi connectivity index (χ3n) is 4.43. The van der Waals surface area contributed by atoms with E-state index >= 15 is 0 Å². The zero-order chi connectivity index (χ0) is 17.8. The van der Waals surface area contributed by atoms with Crippen LogP contribution in [-0.4, -0.2) is 28.5 Å². The van der Waals surface area contributed by atoms with Gasteiger partial charge in [-0.2, -0.15) is 0 Å². The molecule has 1 N–H and O–H groups in total. The number of amides is 1. The van der Waals surface area contributed by atoms with E-state index in [0.29, 0.717) is 33.4 Å². The lowest BCUT2D eigenvalue weighted by Crippen LogP contribution is -2.40. The van der Waals surface area contributed by atoms with Gasteiger partial charge in [-0.25, -0.2) is 9.97 Å². The molecule has 0 radical (unpaired) electrons. The van der Waals surface area contributed by atoms with Crippen molar-refractivity contribution in [3.8, 4) is 0 Å². The number of carbonyl (C=O) groups is 1. The average Bonchev–Trinajstić information content (AvgIpc) is 2.65. The third kappa shape index (κ3) is 4.05. The van der Waals surface area contributed by atoms with Crippen molar-refractivity contribution in [1.29, 1.82) is 0 Å². The Morgan fingerprint density at radius 3 is 2.96 bits per heavy atom. The van der Waals surface area contributed by atoms with Crippen molar-refractivity contribution in [1.82, 2.24) is 9.97 Å². The van der Waals surface area contributed by atoms with Gasteiger partial charge in [0, 0.05) is 18.8 Å². The van der Waals surface area contributed by atoms with Crippen molar-refractivity contribution in [2.75, 3.05) is 16.8 Å². The van der Waals surface area contributed by atoms with E-state index < -0.39 is 0 Å². The van der Waals surface area contributed by atoms with Gasteiger partial charge in [-0.1, -0.05) is 36.2 Å². The van der Waals surface area contributed by atoms with Gasteiger partial charge < -0.3 is 10.2 Å². The first-order valence-corrected chi connectivity index (χ1v) is 9.20. The number of hydrogen-bond donors (Lipinski definition) is 1. The van der Waals surface area contributed by atoms with Crippen LogP contribution in [0.3, 0.4) is 0 Å². The highest BCUT2D eigenvalue weighted by Gasteiger charge is 2.24. The standard InChI is InChI=1S/C18H20Cl2N4O/c1-2-12-6-3-4-11-24(12)18-21-10-9-15(23-18)17(25)22-14-8-5-7-13(19)16(14)20/h5,7-10,12H,2-4,6,11H2,1H3,(H,22,25). The zero-order valence-corrected chi connectivity index (χ0v) is 15.5. The Bertz CT molecular complexity index is 768. The summed E-state index contributed by atoms with van der Waals surface area (Å²) in [5.41, 5.74) is 0.769. The first-order valence-electron chi connectivity index (χ1n) is 8.45. The maximum atomic E-state index is 12.5. The number of nitrogens with one attached hydrogen (secondary N) is 1. The third-order valence-corrected chi connectivity index (χ3v) is 5.25. The number of rotatable bonds is 4. The number of piperidine rings is 1. The number of anilines is 2. The molecule has 1 aliphatic heterocycles. The van der Waals surface area contributed by atoms with Crippen molar-refractivity contribution in [2.24, 2.45) is 0 Å². The number of carbonyl (C=O) groups excluding carboxylic acids is 1. The summed E-state index contributed by atoms with van der Waals surface area (Å²) in [7, 11) is 0. The molecule has 1 amide bonds. The minimum atomic E-state index is -0.335. The number of halogens is 2. The minimum absolute atomic E-state index is 0.307. The molecule has 7 heteroatoms. The van der Waals surface area contributed by atoms with Gasteiger partial charge in [0.2, 0.25) is 5.95 Å². The second-order valence-electron chi connectivity index (χ2n) is 6.05. The van der Waals surface area contributed by atoms with Crippen LogP contribution in [0.4, 0.5) is 11.6 Å². The summed E-state index contributed by atoms with van der Waals surface area (Å²) >= 11 is 12.1. The molecular formula is C18H20Cl2N4O. The van der Waals surface area contributed by atoms with E-state index in [-0.39, 0.29) is 5.91 Å². The van der Waals surface area contributed by atoms with Crippen molar-refractivity contribution in [3.63, 3.8) is 0 Å². The van der Waals surface area contributed by atoms with Crippen molar-refractivity contribution in [3.05, 3.63) is 46.2 Å². The van der Waals surface area contributed by atoms with Crippen LogP contribution in [0.1, 0.15) is 43.1 Å². The lowest BCUT2D eigenvalue weighted by atomic mass is 10.0.